The van der Waals surface area contributed by atoms with Crippen LogP contribution in [0.25, 0.3) is 11.3 Å². The summed E-state index contributed by atoms with van der Waals surface area (Å²) in [6.45, 7) is 0. The van der Waals surface area contributed by atoms with Crippen LogP contribution in [0.15, 0.2) is 12.4 Å². The summed E-state index contributed by atoms with van der Waals surface area (Å²) in [6, 6.07) is 2.10. The molecule has 0 saturated carbocycles. The SMILES string of the molecule is COc1nc(-c2cnn(C)c2)c(C#N)s1. The summed E-state index contributed by atoms with van der Waals surface area (Å²) < 4.78 is 6.66. The van der Waals surface area contributed by atoms with Gasteiger partial charge in [0.15, 0.2) is 0 Å². The van der Waals surface area contributed by atoms with E-state index < -0.39 is 0 Å². The minimum Gasteiger partial charge on any atom is -0.473 e. The number of nitrogens with zero attached hydrogens (tertiary/aromatic N) is 4. The molecule has 15 heavy (non-hydrogen) atoms. The first-order chi connectivity index (χ1) is 7.24. The zero-order valence-electron chi connectivity index (χ0n) is 8.26. The van der Waals surface area contributed by atoms with Crippen molar-refractivity contribution in [3.63, 3.8) is 0 Å². The second kappa shape index (κ2) is 3.71. The van der Waals surface area contributed by atoms with E-state index in [1.807, 2.05) is 13.2 Å². The molecule has 2 aromatic heterocycles. The van der Waals surface area contributed by atoms with Gasteiger partial charge in [0.2, 0.25) is 0 Å². The quantitative estimate of drug-likeness (QED) is 0.767. The molecular formula is C9H8N4OS. The highest BCUT2D eigenvalue weighted by Gasteiger charge is 2.14. The average molecular weight is 220 g/mol. The molecule has 2 rings (SSSR count). The molecule has 5 nitrogen and oxygen atoms in total. The third kappa shape index (κ3) is 1.69. The third-order valence-electron chi connectivity index (χ3n) is 1.86. The molecule has 0 fully saturated rings. The maximum atomic E-state index is 8.93. The van der Waals surface area contributed by atoms with E-state index in [-0.39, 0.29) is 0 Å². The fourth-order valence-corrected chi connectivity index (χ4v) is 1.90. The number of nitriles is 1. The average Bonchev–Trinajstić information content (AvgIpc) is 2.82. The zero-order chi connectivity index (χ0) is 10.8. The van der Waals surface area contributed by atoms with E-state index in [9.17, 15) is 0 Å². The monoisotopic (exact) mass is 220 g/mol. The van der Waals surface area contributed by atoms with E-state index in [4.69, 9.17) is 10.00 Å². The van der Waals surface area contributed by atoms with Crippen LogP contribution in [0.4, 0.5) is 0 Å². The van der Waals surface area contributed by atoms with Gasteiger partial charge in [-0.2, -0.15) is 10.4 Å². The smallest absolute Gasteiger partial charge is 0.274 e. The fraction of sp³-hybridized carbons (Fsp3) is 0.222. The Kier molecular flexibility index (Phi) is 2.39. The second-order valence-electron chi connectivity index (χ2n) is 2.88. The highest BCUT2D eigenvalue weighted by Crippen LogP contribution is 2.31. The molecule has 0 saturated heterocycles. The molecule has 0 spiro atoms. The maximum absolute atomic E-state index is 8.93. The van der Waals surface area contributed by atoms with E-state index >= 15 is 0 Å². The number of ether oxygens (including phenoxy) is 1. The first-order valence-electron chi connectivity index (χ1n) is 4.18. The Morgan fingerprint density at radius 1 is 1.60 bits per heavy atom. The second-order valence-corrected chi connectivity index (χ2v) is 3.84. The molecule has 0 bridgehead atoms. The number of hydrogen-bond acceptors (Lipinski definition) is 5. The van der Waals surface area contributed by atoms with Crippen molar-refractivity contribution in [3.8, 4) is 22.5 Å². The van der Waals surface area contributed by atoms with Gasteiger partial charge in [-0.25, -0.2) is 4.98 Å². The van der Waals surface area contributed by atoms with Crippen LogP contribution in [0.3, 0.4) is 0 Å². The number of thiazole rings is 1. The predicted octanol–water partition coefficient (Wildman–Crippen LogP) is 1.42. The number of aromatic nitrogens is 3. The Bertz CT molecular complexity index is 522. The van der Waals surface area contributed by atoms with Gasteiger partial charge in [-0.3, -0.25) is 4.68 Å². The van der Waals surface area contributed by atoms with Crippen molar-refractivity contribution in [2.45, 2.75) is 0 Å². The first kappa shape index (κ1) is 9.68. The van der Waals surface area contributed by atoms with E-state index in [0.29, 0.717) is 15.8 Å². The molecule has 0 atom stereocenters. The third-order valence-corrected chi connectivity index (χ3v) is 2.78. The summed E-state index contributed by atoms with van der Waals surface area (Å²) in [5.41, 5.74) is 1.46. The largest absolute Gasteiger partial charge is 0.473 e. The van der Waals surface area contributed by atoms with Crippen molar-refractivity contribution < 1.29 is 4.74 Å². The summed E-state index contributed by atoms with van der Waals surface area (Å²) in [7, 11) is 3.35. The molecule has 0 aromatic carbocycles. The molecule has 76 valence electrons. The zero-order valence-corrected chi connectivity index (χ0v) is 9.08. The normalized spacial score (nSPS) is 9.93. The Labute approximate surface area is 90.6 Å². The Hall–Kier alpha value is -1.87. The molecule has 0 amide bonds. The van der Waals surface area contributed by atoms with Crippen molar-refractivity contribution in [2.75, 3.05) is 7.11 Å². The summed E-state index contributed by atoms with van der Waals surface area (Å²) in [4.78, 5) is 4.75. The first-order valence-corrected chi connectivity index (χ1v) is 5.00. The minimum atomic E-state index is 0.491. The molecule has 6 heteroatoms. The number of methoxy groups -OCH3 is 1. The minimum absolute atomic E-state index is 0.491. The van der Waals surface area contributed by atoms with E-state index in [1.54, 1.807) is 10.9 Å². The fourth-order valence-electron chi connectivity index (χ4n) is 1.20. The van der Waals surface area contributed by atoms with Gasteiger partial charge in [0, 0.05) is 18.8 Å². The van der Waals surface area contributed by atoms with Crippen molar-refractivity contribution >= 4 is 11.3 Å². The molecule has 0 aliphatic rings. The Morgan fingerprint density at radius 3 is 2.93 bits per heavy atom. The van der Waals surface area contributed by atoms with Crippen molar-refractivity contribution in [3.05, 3.63) is 17.3 Å². The lowest BCUT2D eigenvalue weighted by Crippen LogP contribution is -1.84. The van der Waals surface area contributed by atoms with Crippen LogP contribution in [0, 0.1) is 11.3 Å². The van der Waals surface area contributed by atoms with Crippen molar-refractivity contribution in [1.29, 1.82) is 5.26 Å². The number of aryl methyl sites for hydroxylation is 1. The van der Waals surface area contributed by atoms with Gasteiger partial charge in [-0.1, -0.05) is 11.3 Å². The summed E-state index contributed by atoms with van der Waals surface area (Å²) in [6.07, 6.45) is 3.49. The highest BCUT2D eigenvalue weighted by molar-refractivity contribution is 7.14. The lowest BCUT2D eigenvalue weighted by molar-refractivity contribution is 0.412. The predicted molar refractivity (Wildman–Crippen MR) is 55.6 cm³/mol. The molecule has 0 N–H and O–H groups in total. The molecule has 2 heterocycles. The number of rotatable bonds is 2. The topological polar surface area (TPSA) is 63.7 Å². The van der Waals surface area contributed by atoms with Crippen molar-refractivity contribution in [1.82, 2.24) is 14.8 Å². The van der Waals surface area contributed by atoms with E-state index in [2.05, 4.69) is 16.2 Å². The lowest BCUT2D eigenvalue weighted by atomic mass is 10.2. The van der Waals surface area contributed by atoms with E-state index in [0.717, 1.165) is 5.56 Å². The number of hydrogen-bond donors (Lipinski definition) is 0. The maximum Gasteiger partial charge on any atom is 0.274 e. The summed E-state index contributed by atoms with van der Waals surface area (Å²) in [5.74, 6) is 0. The van der Waals surface area contributed by atoms with Crippen molar-refractivity contribution in [2.24, 2.45) is 7.05 Å². The van der Waals surface area contributed by atoms with Gasteiger partial charge < -0.3 is 4.74 Å². The molecule has 0 unspecified atom stereocenters. The van der Waals surface area contributed by atoms with Gasteiger partial charge >= 0.3 is 0 Å². The van der Waals surface area contributed by atoms with Crippen LogP contribution >= 0.6 is 11.3 Å². The highest BCUT2D eigenvalue weighted by atomic mass is 32.1. The standard InChI is InChI=1S/C9H8N4OS/c1-13-5-6(4-11-13)8-7(3-10)15-9(12-8)14-2/h4-5H,1-2H3. The van der Waals surface area contributed by atoms with E-state index in [1.165, 1.54) is 18.4 Å². The van der Waals surface area contributed by atoms with Crippen LogP contribution in [0.2, 0.25) is 0 Å². The molecule has 0 aliphatic heterocycles. The molecule has 0 aliphatic carbocycles. The van der Waals surface area contributed by atoms with Gasteiger partial charge in [-0.05, 0) is 0 Å². The van der Waals surface area contributed by atoms with Gasteiger partial charge in [0.1, 0.15) is 16.6 Å². The van der Waals surface area contributed by atoms with Crippen LogP contribution in [-0.4, -0.2) is 21.9 Å². The summed E-state index contributed by atoms with van der Waals surface area (Å²) in [5, 5.41) is 13.5. The molecule has 2 aromatic rings. The van der Waals surface area contributed by atoms with Crippen LogP contribution < -0.4 is 4.74 Å². The van der Waals surface area contributed by atoms with Gasteiger partial charge in [-0.15, -0.1) is 0 Å². The van der Waals surface area contributed by atoms with Gasteiger partial charge in [0.25, 0.3) is 5.19 Å². The molecule has 0 radical (unpaired) electrons. The Morgan fingerprint density at radius 2 is 2.40 bits per heavy atom. The van der Waals surface area contributed by atoms with Crippen LogP contribution in [0.5, 0.6) is 5.19 Å². The van der Waals surface area contributed by atoms with Crippen LogP contribution in [0.1, 0.15) is 4.88 Å². The molecular weight excluding hydrogens is 212 g/mol. The van der Waals surface area contributed by atoms with Crippen LogP contribution in [-0.2, 0) is 7.05 Å². The lowest BCUT2D eigenvalue weighted by Gasteiger charge is -1.89. The Balaban J connectivity index is 2.52. The summed E-state index contributed by atoms with van der Waals surface area (Å²) >= 11 is 1.23. The van der Waals surface area contributed by atoms with Gasteiger partial charge in [0.05, 0.1) is 13.3 Å².